The Morgan fingerprint density at radius 2 is 1.78 bits per heavy atom. The summed E-state index contributed by atoms with van der Waals surface area (Å²) in [7, 11) is 0. The SMILES string of the molecule is CC(C)(C)Oc1ccc(OCCNC(=O)O)cc1. The molecule has 5 heteroatoms. The maximum Gasteiger partial charge on any atom is 0.404 e. The summed E-state index contributed by atoms with van der Waals surface area (Å²) >= 11 is 0. The number of hydrogen-bond donors (Lipinski definition) is 2. The molecular formula is C13H19NO4. The smallest absolute Gasteiger partial charge is 0.404 e. The van der Waals surface area contributed by atoms with E-state index in [-0.39, 0.29) is 12.1 Å². The molecule has 2 N–H and O–H groups in total. The number of carboxylic acid groups (broad SMARTS) is 1. The van der Waals surface area contributed by atoms with Crippen LogP contribution in [-0.4, -0.2) is 30.0 Å². The molecule has 0 radical (unpaired) electrons. The maximum atomic E-state index is 10.2. The van der Waals surface area contributed by atoms with Gasteiger partial charge in [0.2, 0.25) is 0 Å². The lowest BCUT2D eigenvalue weighted by molar-refractivity contribution is 0.131. The van der Waals surface area contributed by atoms with Crippen LogP contribution < -0.4 is 14.8 Å². The summed E-state index contributed by atoms with van der Waals surface area (Å²) < 4.78 is 11.0. The molecule has 1 rings (SSSR count). The van der Waals surface area contributed by atoms with Crippen LogP contribution in [0.1, 0.15) is 20.8 Å². The Labute approximate surface area is 107 Å². The largest absolute Gasteiger partial charge is 0.492 e. The molecule has 100 valence electrons. The molecule has 0 saturated carbocycles. The minimum atomic E-state index is -1.05. The van der Waals surface area contributed by atoms with Gasteiger partial charge in [-0.25, -0.2) is 4.79 Å². The summed E-state index contributed by atoms with van der Waals surface area (Å²) in [4.78, 5) is 10.2. The molecule has 1 aromatic carbocycles. The van der Waals surface area contributed by atoms with Crippen molar-refractivity contribution in [3.8, 4) is 11.5 Å². The number of nitrogens with one attached hydrogen (secondary N) is 1. The van der Waals surface area contributed by atoms with Crippen LogP contribution >= 0.6 is 0 Å². The maximum absolute atomic E-state index is 10.2. The third-order valence-electron chi connectivity index (χ3n) is 1.89. The zero-order valence-corrected chi connectivity index (χ0v) is 10.9. The van der Waals surface area contributed by atoms with Crippen molar-refractivity contribution < 1.29 is 19.4 Å². The molecule has 0 aliphatic rings. The van der Waals surface area contributed by atoms with Crippen molar-refractivity contribution in [1.82, 2.24) is 5.32 Å². The molecule has 0 bridgehead atoms. The molecule has 0 aliphatic heterocycles. The highest BCUT2D eigenvalue weighted by Crippen LogP contribution is 2.21. The van der Waals surface area contributed by atoms with Gasteiger partial charge >= 0.3 is 6.09 Å². The van der Waals surface area contributed by atoms with Gasteiger partial charge in [-0.1, -0.05) is 0 Å². The van der Waals surface area contributed by atoms with Gasteiger partial charge in [0.05, 0.1) is 6.54 Å². The molecule has 5 nitrogen and oxygen atoms in total. The second-order valence-corrected chi connectivity index (χ2v) is 4.77. The van der Waals surface area contributed by atoms with Gasteiger partial charge in [0, 0.05) is 0 Å². The number of amides is 1. The second-order valence-electron chi connectivity index (χ2n) is 4.77. The van der Waals surface area contributed by atoms with Gasteiger partial charge in [-0.15, -0.1) is 0 Å². The summed E-state index contributed by atoms with van der Waals surface area (Å²) in [5.74, 6) is 1.46. The number of rotatable bonds is 5. The molecule has 0 atom stereocenters. The van der Waals surface area contributed by atoms with Crippen LogP contribution in [0, 0.1) is 0 Å². The first kappa shape index (κ1) is 14.2. The first-order valence-electron chi connectivity index (χ1n) is 5.75. The van der Waals surface area contributed by atoms with Crippen LogP contribution in [0.2, 0.25) is 0 Å². The lowest BCUT2D eigenvalue weighted by atomic mass is 10.2. The molecule has 0 spiro atoms. The van der Waals surface area contributed by atoms with E-state index in [9.17, 15) is 4.79 Å². The number of ether oxygens (including phenoxy) is 2. The Hall–Kier alpha value is -1.91. The van der Waals surface area contributed by atoms with Crippen LogP contribution in [-0.2, 0) is 0 Å². The van der Waals surface area contributed by atoms with Crippen molar-refractivity contribution in [2.75, 3.05) is 13.2 Å². The van der Waals surface area contributed by atoms with E-state index in [1.807, 2.05) is 32.9 Å². The van der Waals surface area contributed by atoms with Gasteiger partial charge in [-0.05, 0) is 45.0 Å². The van der Waals surface area contributed by atoms with E-state index in [4.69, 9.17) is 14.6 Å². The molecule has 1 amide bonds. The standard InChI is InChI=1S/C13H19NO4/c1-13(2,3)18-11-6-4-10(5-7-11)17-9-8-14-12(15)16/h4-7,14H,8-9H2,1-3H3,(H,15,16). The monoisotopic (exact) mass is 253 g/mol. The van der Waals surface area contributed by atoms with E-state index >= 15 is 0 Å². The first-order valence-corrected chi connectivity index (χ1v) is 5.75. The topological polar surface area (TPSA) is 67.8 Å². The molecule has 18 heavy (non-hydrogen) atoms. The summed E-state index contributed by atoms with van der Waals surface area (Å²) in [5.41, 5.74) is -0.228. The molecule has 0 unspecified atom stereocenters. The van der Waals surface area contributed by atoms with Crippen LogP contribution in [0.15, 0.2) is 24.3 Å². The van der Waals surface area contributed by atoms with Gasteiger partial charge in [-0.3, -0.25) is 0 Å². The third kappa shape index (κ3) is 5.98. The lowest BCUT2D eigenvalue weighted by Gasteiger charge is -2.21. The summed E-state index contributed by atoms with van der Waals surface area (Å²) in [5, 5.41) is 10.6. The van der Waals surface area contributed by atoms with Gasteiger partial charge in [-0.2, -0.15) is 0 Å². The fourth-order valence-electron chi connectivity index (χ4n) is 1.28. The minimum Gasteiger partial charge on any atom is -0.492 e. The highest BCUT2D eigenvalue weighted by Gasteiger charge is 2.11. The minimum absolute atomic E-state index is 0.228. The normalized spacial score (nSPS) is 10.8. The summed E-state index contributed by atoms with van der Waals surface area (Å²) in [6, 6.07) is 7.24. The Morgan fingerprint density at radius 3 is 2.28 bits per heavy atom. The average Bonchev–Trinajstić information content (AvgIpc) is 2.24. The van der Waals surface area contributed by atoms with Crippen molar-refractivity contribution in [2.45, 2.75) is 26.4 Å². The van der Waals surface area contributed by atoms with Gasteiger partial charge in [0.25, 0.3) is 0 Å². The van der Waals surface area contributed by atoms with Crippen LogP contribution in [0.3, 0.4) is 0 Å². The molecular weight excluding hydrogens is 234 g/mol. The lowest BCUT2D eigenvalue weighted by Crippen LogP contribution is -2.26. The Balaban J connectivity index is 2.38. The number of benzene rings is 1. The van der Waals surface area contributed by atoms with Crippen molar-refractivity contribution in [2.24, 2.45) is 0 Å². The molecule has 0 fully saturated rings. The highest BCUT2D eigenvalue weighted by atomic mass is 16.5. The van der Waals surface area contributed by atoms with Crippen LogP contribution in [0.25, 0.3) is 0 Å². The van der Waals surface area contributed by atoms with Gasteiger partial charge in [0.1, 0.15) is 23.7 Å². The number of hydrogen-bond acceptors (Lipinski definition) is 3. The van der Waals surface area contributed by atoms with E-state index in [1.54, 1.807) is 12.1 Å². The molecule has 0 heterocycles. The molecule has 1 aromatic rings. The van der Waals surface area contributed by atoms with E-state index < -0.39 is 6.09 Å². The molecule has 0 aromatic heterocycles. The van der Waals surface area contributed by atoms with Gasteiger partial charge < -0.3 is 19.9 Å². The van der Waals surface area contributed by atoms with Crippen LogP contribution in [0.5, 0.6) is 11.5 Å². The molecule has 0 aliphatic carbocycles. The quantitative estimate of drug-likeness (QED) is 0.791. The zero-order chi connectivity index (χ0) is 13.6. The Bertz CT molecular complexity index is 381. The summed E-state index contributed by atoms with van der Waals surface area (Å²) in [6.45, 7) is 6.50. The molecule has 0 saturated heterocycles. The van der Waals surface area contributed by atoms with Gasteiger partial charge in [0.15, 0.2) is 0 Å². The zero-order valence-electron chi connectivity index (χ0n) is 10.9. The average molecular weight is 253 g/mol. The Kier molecular flexibility index (Phi) is 4.83. The fourth-order valence-corrected chi connectivity index (χ4v) is 1.28. The van der Waals surface area contributed by atoms with Crippen molar-refractivity contribution in [1.29, 1.82) is 0 Å². The van der Waals surface area contributed by atoms with Crippen molar-refractivity contribution in [3.63, 3.8) is 0 Å². The van der Waals surface area contributed by atoms with Crippen LogP contribution in [0.4, 0.5) is 4.79 Å². The van der Waals surface area contributed by atoms with E-state index in [1.165, 1.54) is 0 Å². The van der Waals surface area contributed by atoms with E-state index in [0.29, 0.717) is 12.4 Å². The Morgan fingerprint density at radius 1 is 1.22 bits per heavy atom. The third-order valence-corrected chi connectivity index (χ3v) is 1.89. The number of carbonyl (C=O) groups is 1. The summed E-state index contributed by atoms with van der Waals surface area (Å²) in [6.07, 6.45) is -1.05. The fraction of sp³-hybridized carbons (Fsp3) is 0.462. The predicted octanol–water partition coefficient (Wildman–Crippen LogP) is 2.51. The van der Waals surface area contributed by atoms with Crippen molar-refractivity contribution in [3.05, 3.63) is 24.3 Å². The first-order chi connectivity index (χ1) is 8.37. The van der Waals surface area contributed by atoms with Crippen molar-refractivity contribution >= 4 is 6.09 Å². The van der Waals surface area contributed by atoms with E-state index in [2.05, 4.69) is 5.32 Å². The van der Waals surface area contributed by atoms with E-state index in [0.717, 1.165) is 5.75 Å². The highest BCUT2D eigenvalue weighted by molar-refractivity contribution is 5.64. The predicted molar refractivity (Wildman–Crippen MR) is 68.3 cm³/mol. The second kappa shape index (κ2) is 6.14.